The first-order valence-electron chi connectivity index (χ1n) is 7.87. The topological polar surface area (TPSA) is 54.0 Å². The molecule has 114 valence electrons. The number of amides is 2. The van der Waals surface area contributed by atoms with Gasteiger partial charge in [0, 0.05) is 18.8 Å². The number of nitrogens with zero attached hydrogens (tertiary/aromatic N) is 1. The molecular weight excluding hydrogens is 330 g/mol. The highest BCUT2D eigenvalue weighted by molar-refractivity contribution is 9.10. The van der Waals surface area contributed by atoms with E-state index in [2.05, 4.69) is 31.5 Å². The Bertz CT molecular complexity index is 502. The fraction of sp³-hybridized carbons (Fsp3) is 0.625. The van der Waals surface area contributed by atoms with Crippen molar-refractivity contribution in [3.05, 3.63) is 28.5 Å². The van der Waals surface area contributed by atoms with Gasteiger partial charge in [0.05, 0.1) is 0 Å². The van der Waals surface area contributed by atoms with Crippen molar-refractivity contribution < 1.29 is 4.79 Å². The second-order valence-electron chi connectivity index (χ2n) is 6.22. The van der Waals surface area contributed by atoms with Crippen LogP contribution in [0, 0.1) is 11.8 Å². The summed E-state index contributed by atoms with van der Waals surface area (Å²) in [5.41, 5.74) is 1.05. The summed E-state index contributed by atoms with van der Waals surface area (Å²) in [5.74, 6) is 1.58. The van der Waals surface area contributed by atoms with Gasteiger partial charge in [-0.3, -0.25) is 0 Å². The zero-order chi connectivity index (χ0) is 14.7. The molecule has 0 saturated heterocycles. The van der Waals surface area contributed by atoms with Gasteiger partial charge in [-0.2, -0.15) is 0 Å². The van der Waals surface area contributed by atoms with Crippen molar-refractivity contribution >= 4 is 22.0 Å². The first-order valence-corrected chi connectivity index (χ1v) is 8.66. The zero-order valence-electron chi connectivity index (χ0n) is 12.1. The lowest BCUT2D eigenvalue weighted by Crippen LogP contribution is -2.37. The van der Waals surface area contributed by atoms with Crippen LogP contribution in [0.2, 0.25) is 0 Å². The molecule has 2 amide bonds. The molecule has 0 bridgehead atoms. The van der Waals surface area contributed by atoms with E-state index in [4.69, 9.17) is 0 Å². The minimum atomic E-state index is -0.0498. The molecule has 2 saturated carbocycles. The van der Waals surface area contributed by atoms with Gasteiger partial charge in [-0.1, -0.05) is 32.1 Å². The van der Waals surface area contributed by atoms with E-state index in [1.54, 1.807) is 6.20 Å². The standard InChI is InChI=1S/C16H22BrN3O/c17-15-8-11(6-7-18-15)10-19-16(21)20-14-9-13(14)12-4-2-1-3-5-12/h6-8,12-14H,1-5,9-10H2,(H2,19,20,21)/t13-,14+/m0/s1. The van der Waals surface area contributed by atoms with Gasteiger partial charge in [-0.15, -0.1) is 0 Å². The average molecular weight is 352 g/mol. The molecule has 4 nitrogen and oxygen atoms in total. The molecule has 21 heavy (non-hydrogen) atoms. The fourth-order valence-corrected chi connectivity index (χ4v) is 3.83. The van der Waals surface area contributed by atoms with E-state index in [-0.39, 0.29) is 6.03 Å². The summed E-state index contributed by atoms with van der Waals surface area (Å²) in [4.78, 5) is 16.0. The van der Waals surface area contributed by atoms with Crippen LogP contribution in [-0.4, -0.2) is 17.1 Å². The van der Waals surface area contributed by atoms with Gasteiger partial charge >= 0.3 is 6.03 Å². The third-order valence-electron chi connectivity index (χ3n) is 4.66. The van der Waals surface area contributed by atoms with Crippen LogP contribution in [0.1, 0.15) is 44.1 Å². The number of rotatable bonds is 4. The maximum absolute atomic E-state index is 11.9. The smallest absolute Gasteiger partial charge is 0.315 e. The van der Waals surface area contributed by atoms with E-state index in [0.717, 1.165) is 22.0 Å². The van der Waals surface area contributed by atoms with Crippen molar-refractivity contribution in [3.8, 4) is 0 Å². The summed E-state index contributed by atoms with van der Waals surface area (Å²) < 4.78 is 0.793. The average Bonchev–Trinajstić information content (AvgIpc) is 3.25. The summed E-state index contributed by atoms with van der Waals surface area (Å²) >= 11 is 3.33. The molecule has 3 rings (SSSR count). The quantitative estimate of drug-likeness (QED) is 0.814. The van der Waals surface area contributed by atoms with Crippen molar-refractivity contribution in [2.45, 2.75) is 51.1 Å². The molecule has 0 unspecified atom stereocenters. The number of urea groups is 1. The summed E-state index contributed by atoms with van der Waals surface area (Å²) in [6.07, 6.45) is 9.75. The second kappa shape index (κ2) is 6.77. The highest BCUT2D eigenvalue weighted by atomic mass is 79.9. The summed E-state index contributed by atoms with van der Waals surface area (Å²) in [5, 5.41) is 6.03. The Balaban J connectivity index is 1.39. The van der Waals surface area contributed by atoms with E-state index < -0.39 is 0 Å². The summed E-state index contributed by atoms with van der Waals surface area (Å²) in [6, 6.07) is 4.18. The van der Waals surface area contributed by atoms with Crippen LogP contribution in [0.5, 0.6) is 0 Å². The van der Waals surface area contributed by atoms with Gasteiger partial charge in [0.15, 0.2) is 0 Å². The highest BCUT2D eigenvalue weighted by Crippen LogP contribution is 2.44. The predicted octanol–water partition coefficient (Wildman–Crippen LogP) is 3.61. The number of pyridine rings is 1. The Labute approximate surface area is 134 Å². The third kappa shape index (κ3) is 4.19. The van der Waals surface area contributed by atoms with Crippen LogP contribution < -0.4 is 10.6 Å². The van der Waals surface area contributed by atoms with Gasteiger partial charge in [-0.05, 0) is 51.9 Å². The number of halogens is 1. The highest BCUT2D eigenvalue weighted by Gasteiger charge is 2.43. The van der Waals surface area contributed by atoms with E-state index in [9.17, 15) is 4.79 Å². The van der Waals surface area contributed by atoms with Crippen molar-refractivity contribution in [1.82, 2.24) is 15.6 Å². The van der Waals surface area contributed by atoms with Gasteiger partial charge in [0.25, 0.3) is 0 Å². The van der Waals surface area contributed by atoms with Gasteiger partial charge in [0.2, 0.25) is 0 Å². The molecule has 1 aromatic heterocycles. The zero-order valence-corrected chi connectivity index (χ0v) is 13.7. The van der Waals surface area contributed by atoms with E-state index in [0.29, 0.717) is 12.6 Å². The van der Waals surface area contributed by atoms with Crippen LogP contribution >= 0.6 is 15.9 Å². The minimum Gasteiger partial charge on any atom is -0.335 e. The molecule has 2 aliphatic carbocycles. The molecule has 1 heterocycles. The molecule has 0 aliphatic heterocycles. The number of carbonyl (C=O) groups is 1. The Kier molecular flexibility index (Phi) is 4.78. The van der Waals surface area contributed by atoms with Gasteiger partial charge < -0.3 is 10.6 Å². The fourth-order valence-electron chi connectivity index (χ4n) is 3.42. The van der Waals surface area contributed by atoms with Gasteiger partial charge in [-0.25, -0.2) is 9.78 Å². The number of carbonyl (C=O) groups excluding carboxylic acids is 1. The monoisotopic (exact) mass is 351 g/mol. The molecule has 1 aromatic rings. The molecule has 2 aliphatic rings. The van der Waals surface area contributed by atoms with E-state index in [1.807, 2.05) is 12.1 Å². The maximum Gasteiger partial charge on any atom is 0.315 e. The number of hydrogen-bond acceptors (Lipinski definition) is 2. The molecule has 2 fully saturated rings. The molecule has 0 radical (unpaired) electrons. The molecular formula is C16H22BrN3O. The first-order chi connectivity index (χ1) is 10.2. The molecule has 5 heteroatoms. The van der Waals surface area contributed by atoms with Crippen LogP contribution in [0.15, 0.2) is 22.9 Å². The molecule has 2 N–H and O–H groups in total. The molecule has 0 spiro atoms. The maximum atomic E-state index is 11.9. The van der Waals surface area contributed by atoms with Crippen molar-refractivity contribution in [3.63, 3.8) is 0 Å². The number of aromatic nitrogens is 1. The molecule has 0 aromatic carbocycles. The lowest BCUT2D eigenvalue weighted by atomic mass is 9.85. The van der Waals surface area contributed by atoms with Crippen molar-refractivity contribution in [1.29, 1.82) is 0 Å². The SMILES string of the molecule is O=C(NCc1ccnc(Br)c1)N[C@@H]1C[C@H]1C1CCCCC1. The van der Waals surface area contributed by atoms with Crippen molar-refractivity contribution in [2.24, 2.45) is 11.8 Å². The van der Waals surface area contributed by atoms with Crippen LogP contribution in [0.25, 0.3) is 0 Å². The minimum absolute atomic E-state index is 0.0498. The Morgan fingerprint density at radius 2 is 2.14 bits per heavy atom. The Hall–Kier alpha value is -1.10. The van der Waals surface area contributed by atoms with Crippen LogP contribution in [0.4, 0.5) is 4.79 Å². The first kappa shape index (κ1) is 14.8. The predicted molar refractivity (Wildman–Crippen MR) is 85.8 cm³/mol. The van der Waals surface area contributed by atoms with Crippen molar-refractivity contribution in [2.75, 3.05) is 0 Å². The second-order valence-corrected chi connectivity index (χ2v) is 7.03. The van der Waals surface area contributed by atoms with E-state index in [1.165, 1.54) is 38.5 Å². The Morgan fingerprint density at radius 3 is 2.90 bits per heavy atom. The summed E-state index contributed by atoms with van der Waals surface area (Å²) in [7, 11) is 0. The lowest BCUT2D eigenvalue weighted by Gasteiger charge is -2.21. The van der Waals surface area contributed by atoms with Crippen LogP contribution in [-0.2, 0) is 6.54 Å². The summed E-state index contributed by atoms with van der Waals surface area (Å²) in [6.45, 7) is 0.535. The molecule has 2 atom stereocenters. The van der Waals surface area contributed by atoms with Gasteiger partial charge in [0.1, 0.15) is 4.60 Å². The number of hydrogen-bond donors (Lipinski definition) is 2. The largest absolute Gasteiger partial charge is 0.335 e. The van der Waals surface area contributed by atoms with Crippen LogP contribution in [0.3, 0.4) is 0 Å². The number of nitrogens with one attached hydrogen (secondary N) is 2. The lowest BCUT2D eigenvalue weighted by molar-refractivity contribution is 0.237. The third-order valence-corrected chi connectivity index (χ3v) is 5.09. The van der Waals surface area contributed by atoms with E-state index >= 15 is 0 Å². The normalized spacial score (nSPS) is 25.4. The Morgan fingerprint density at radius 1 is 1.33 bits per heavy atom.